The van der Waals surface area contributed by atoms with Gasteiger partial charge in [-0.1, -0.05) is 43.3 Å². The molecule has 3 heteroatoms. The van der Waals surface area contributed by atoms with Crippen molar-refractivity contribution in [3.05, 3.63) is 54.1 Å². The average molecular weight is 294 g/mol. The number of rotatable bonds is 3. The lowest BCUT2D eigenvalue weighted by atomic mass is 9.99. The van der Waals surface area contributed by atoms with Crippen molar-refractivity contribution in [2.75, 3.05) is 0 Å². The summed E-state index contributed by atoms with van der Waals surface area (Å²) in [5, 5.41) is 14.2. The van der Waals surface area contributed by atoms with Crippen LogP contribution in [0.4, 0.5) is 0 Å². The van der Waals surface area contributed by atoms with Crippen LogP contribution in [0.25, 0.3) is 21.5 Å². The predicted molar refractivity (Wildman–Crippen MR) is 88.3 cm³/mol. The number of esters is 1. The predicted octanol–water partition coefficient (Wildman–Crippen LogP) is 4.65. The first-order valence-corrected chi connectivity index (χ1v) is 7.46. The van der Waals surface area contributed by atoms with E-state index in [4.69, 9.17) is 4.74 Å². The van der Waals surface area contributed by atoms with Gasteiger partial charge in [0.05, 0.1) is 6.10 Å². The first-order chi connectivity index (χ1) is 10.6. The van der Waals surface area contributed by atoms with E-state index in [1.807, 2.05) is 56.3 Å². The van der Waals surface area contributed by atoms with E-state index >= 15 is 0 Å². The van der Waals surface area contributed by atoms with Gasteiger partial charge >= 0.3 is 5.97 Å². The number of phenols is 1. The highest BCUT2D eigenvalue weighted by atomic mass is 16.5. The molecule has 22 heavy (non-hydrogen) atoms. The van der Waals surface area contributed by atoms with Gasteiger partial charge in [0.15, 0.2) is 0 Å². The Bertz CT molecular complexity index is 852. The molecule has 0 saturated heterocycles. The van der Waals surface area contributed by atoms with Gasteiger partial charge < -0.3 is 9.84 Å². The lowest BCUT2D eigenvalue weighted by Gasteiger charge is -2.13. The van der Waals surface area contributed by atoms with Gasteiger partial charge in [0.1, 0.15) is 11.3 Å². The molecule has 1 unspecified atom stereocenters. The third kappa shape index (κ3) is 2.39. The lowest BCUT2D eigenvalue weighted by molar-refractivity contribution is 0.0331. The summed E-state index contributed by atoms with van der Waals surface area (Å²) in [5.41, 5.74) is 0.211. The zero-order chi connectivity index (χ0) is 15.7. The van der Waals surface area contributed by atoms with Crippen molar-refractivity contribution in [3.8, 4) is 5.75 Å². The van der Waals surface area contributed by atoms with Crippen LogP contribution in [-0.2, 0) is 4.74 Å². The molecule has 112 valence electrons. The fourth-order valence-electron chi connectivity index (χ4n) is 2.57. The first-order valence-electron chi connectivity index (χ1n) is 7.46. The highest BCUT2D eigenvalue weighted by molar-refractivity contribution is 6.12. The van der Waals surface area contributed by atoms with Crippen LogP contribution in [-0.4, -0.2) is 17.2 Å². The van der Waals surface area contributed by atoms with Crippen molar-refractivity contribution < 1.29 is 14.6 Å². The Kier molecular flexibility index (Phi) is 3.72. The fourth-order valence-corrected chi connectivity index (χ4v) is 2.57. The zero-order valence-corrected chi connectivity index (χ0v) is 12.7. The van der Waals surface area contributed by atoms with E-state index in [-0.39, 0.29) is 17.4 Å². The van der Waals surface area contributed by atoms with E-state index in [1.54, 1.807) is 6.07 Å². The molecule has 3 aromatic rings. The molecule has 0 aliphatic carbocycles. The largest absolute Gasteiger partial charge is 0.506 e. The second-order valence-corrected chi connectivity index (χ2v) is 5.47. The molecule has 0 fully saturated rings. The standard InChI is InChI=1S/C19H18O3/c1-3-12(2)22-19(21)17-11-10-15-14-7-5-4-6-13(14)8-9-16(15)18(17)20/h4-12,20H,3H2,1-2H3. The van der Waals surface area contributed by atoms with Crippen molar-refractivity contribution in [2.24, 2.45) is 0 Å². The van der Waals surface area contributed by atoms with Crippen molar-refractivity contribution in [1.29, 1.82) is 0 Å². The van der Waals surface area contributed by atoms with E-state index in [2.05, 4.69) is 0 Å². The Morgan fingerprint density at radius 1 is 1.05 bits per heavy atom. The van der Waals surface area contributed by atoms with Crippen LogP contribution in [0.2, 0.25) is 0 Å². The van der Waals surface area contributed by atoms with Crippen LogP contribution in [0.1, 0.15) is 30.6 Å². The second-order valence-electron chi connectivity index (χ2n) is 5.47. The molecular formula is C19H18O3. The Balaban J connectivity index is 2.14. The molecule has 1 N–H and O–H groups in total. The number of fused-ring (bicyclic) bond motifs is 3. The van der Waals surface area contributed by atoms with E-state index in [1.165, 1.54) is 0 Å². The molecule has 0 amide bonds. The van der Waals surface area contributed by atoms with Crippen molar-refractivity contribution in [1.82, 2.24) is 0 Å². The van der Waals surface area contributed by atoms with Crippen LogP contribution in [0.15, 0.2) is 48.5 Å². The van der Waals surface area contributed by atoms with Gasteiger partial charge in [-0.2, -0.15) is 0 Å². The van der Waals surface area contributed by atoms with E-state index < -0.39 is 5.97 Å². The summed E-state index contributed by atoms with van der Waals surface area (Å²) < 4.78 is 5.30. The van der Waals surface area contributed by atoms with Gasteiger partial charge in [-0.15, -0.1) is 0 Å². The van der Waals surface area contributed by atoms with Gasteiger partial charge in [-0.05, 0) is 41.6 Å². The molecule has 1 atom stereocenters. The summed E-state index contributed by atoms with van der Waals surface area (Å²) >= 11 is 0. The summed E-state index contributed by atoms with van der Waals surface area (Å²) in [4.78, 5) is 12.2. The van der Waals surface area contributed by atoms with Gasteiger partial charge in [0.25, 0.3) is 0 Å². The molecule has 0 spiro atoms. The van der Waals surface area contributed by atoms with Crippen LogP contribution >= 0.6 is 0 Å². The molecular weight excluding hydrogens is 276 g/mol. The number of hydrogen-bond acceptors (Lipinski definition) is 3. The number of ether oxygens (including phenoxy) is 1. The normalized spacial score (nSPS) is 12.5. The minimum Gasteiger partial charge on any atom is -0.506 e. The van der Waals surface area contributed by atoms with Gasteiger partial charge in [-0.3, -0.25) is 0 Å². The van der Waals surface area contributed by atoms with Crippen molar-refractivity contribution >= 4 is 27.5 Å². The molecule has 3 nitrogen and oxygen atoms in total. The molecule has 3 aromatic carbocycles. The molecule has 3 rings (SSSR count). The van der Waals surface area contributed by atoms with E-state index in [9.17, 15) is 9.90 Å². The van der Waals surface area contributed by atoms with Gasteiger partial charge in [-0.25, -0.2) is 4.79 Å². The minimum absolute atomic E-state index is 0.0171. The third-order valence-electron chi connectivity index (χ3n) is 4.00. The summed E-state index contributed by atoms with van der Waals surface area (Å²) in [5.74, 6) is -0.501. The number of carbonyl (C=O) groups is 1. The third-order valence-corrected chi connectivity index (χ3v) is 4.00. The number of phenolic OH excluding ortho intramolecular Hbond substituents is 1. The van der Waals surface area contributed by atoms with Crippen LogP contribution in [0, 0.1) is 0 Å². The summed E-state index contributed by atoms with van der Waals surface area (Å²) in [6.07, 6.45) is 0.573. The Hall–Kier alpha value is -2.55. The Labute approximate surface area is 129 Å². The lowest BCUT2D eigenvalue weighted by Crippen LogP contribution is -2.14. The van der Waals surface area contributed by atoms with Gasteiger partial charge in [0, 0.05) is 5.39 Å². The number of aromatic hydroxyl groups is 1. The second kappa shape index (κ2) is 5.68. The maximum absolute atomic E-state index is 12.2. The van der Waals surface area contributed by atoms with Crippen LogP contribution in [0.3, 0.4) is 0 Å². The molecule has 0 aliphatic heterocycles. The van der Waals surface area contributed by atoms with Gasteiger partial charge in [0.2, 0.25) is 0 Å². The minimum atomic E-state index is -0.484. The highest BCUT2D eigenvalue weighted by Crippen LogP contribution is 2.34. The summed E-state index contributed by atoms with van der Waals surface area (Å²) in [6.45, 7) is 3.79. The van der Waals surface area contributed by atoms with Crippen LogP contribution in [0.5, 0.6) is 5.75 Å². The quantitative estimate of drug-likeness (QED) is 0.565. The van der Waals surface area contributed by atoms with Crippen molar-refractivity contribution in [3.63, 3.8) is 0 Å². The number of benzene rings is 3. The number of carbonyl (C=O) groups excluding carboxylic acids is 1. The first kappa shape index (κ1) is 14.4. The Morgan fingerprint density at radius 2 is 1.77 bits per heavy atom. The Morgan fingerprint density at radius 3 is 2.55 bits per heavy atom. The van der Waals surface area contributed by atoms with Crippen molar-refractivity contribution in [2.45, 2.75) is 26.4 Å². The van der Waals surface area contributed by atoms with Crippen LogP contribution < -0.4 is 0 Å². The topological polar surface area (TPSA) is 46.5 Å². The molecule has 0 aliphatic rings. The summed E-state index contributed by atoms with van der Waals surface area (Å²) in [7, 11) is 0. The van der Waals surface area contributed by atoms with E-state index in [0.29, 0.717) is 5.39 Å². The molecule has 0 aromatic heterocycles. The molecule has 0 bridgehead atoms. The highest BCUT2D eigenvalue weighted by Gasteiger charge is 2.17. The maximum atomic E-state index is 12.2. The number of hydrogen-bond donors (Lipinski definition) is 1. The summed E-state index contributed by atoms with van der Waals surface area (Å²) in [6, 6.07) is 15.3. The maximum Gasteiger partial charge on any atom is 0.342 e. The average Bonchev–Trinajstić information content (AvgIpc) is 2.54. The molecule has 0 saturated carbocycles. The smallest absolute Gasteiger partial charge is 0.342 e. The van der Waals surface area contributed by atoms with E-state index in [0.717, 1.165) is 22.6 Å². The monoisotopic (exact) mass is 294 g/mol. The zero-order valence-electron chi connectivity index (χ0n) is 12.7. The molecule has 0 radical (unpaired) electrons. The SMILES string of the molecule is CCC(C)OC(=O)c1ccc2c(ccc3ccccc32)c1O. The fraction of sp³-hybridized carbons (Fsp3) is 0.211. The molecule has 0 heterocycles.